The molecule has 1 fully saturated rings. The molecule has 0 amide bonds. The number of hydrogen-bond acceptors (Lipinski definition) is 6. The molecule has 0 saturated carbocycles. The van der Waals surface area contributed by atoms with Crippen LogP contribution < -0.4 is 11.7 Å². The van der Waals surface area contributed by atoms with Crippen molar-refractivity contribution < 1.29 is 24.1 Å². The van der Waals surface area contributed by atoms with Gasteiger partial charge in [-0.15, -0.1) is 0 Å². The molecular weight excluding hydrogens is 192 g/mol. The van der Waals surface area contributed by atoms with E-state index in [2.05, 4.69) is 11.7 Å². The van der Waals surface area contributed by atoms with Crippen LogP contribution in [0.4, 0.5) is 0 Å². The summed E-state index contributed by atoms with van der Waals surface area (Å²) in [5, 5.41) is 8.77. The molecule has 5 N–H and O–H groups in total. The molecule has 0 aromatic rings. The molecule has 1 rings (SSSR count). The molecule has 7 heteroatoms. The van der Waals surface area contributed by atoms with Crippen molar-refractivity contribution in [2.45, 2.75) is 24.9 Å². The van der Waals surface area contributed by atoms with E-state index in [0.29, 0.717) is 12.8 Å². The Bertz CT molecular complexity index is 189. The van der Waals surface area contributed by atoms with E-state index in [4.69, 9.17) is 19.3 Å². The maximum Gasteiger partial charge on any atom is 0.364 e. The molecule has 1 aliphatic rings. The fourth-order valence-corrected chi connectivity index (χ4v) is 1.20. The zero-order valence-corrected chi connectivity index (χ0v) is 8.23. The molecule has 7 nitrogen and oxygen atoms in total. The van der Waals surface area contributed by atoms with Crippen LogP contribution in [0.15, 0.2) is 0 Å². The van der Waals surface area contributed by atoms with Crippen LogP contribution in [0.5, 0.6) is 0 Å². The highest BCUT2D eigenvalue weighted by molar-refractivity contribution is 5.75. The average Bonchev–Trinajstić information content (AvgIpc) is 2.65. The molecule has 2 unspecified atom stereocenters. The van der Waals surface area contributed by atoms with Crippen LogP contribution in [0, 0.1) is 0 Å². The summed E-state index contributed by atoms with van der Waals surface area (Å²) < 4.78 is 14.7. The second-order valence-corrected chi connectivity index (χ2v) is 2.58. The van der Waals surface area contributed by atoms with Gasteiger partial charge in [0.2, 0.25) is 0 Å². The minimum Gasteiger partial charge on any atom is -0.477 e. The summed E-state index contributed by atoms with van der Waals surface area (Å²) in [4.78, 5) is 10.7. The Kier molecular flexibility index (Phi) is 5.58. The Balaban J connectivity index is 0.000000791. The van der Waals surface area contributed by atoms with Crippen LogP contribution in [-0.2, 0) is 19.0 Å². The van der Waals surface area contributed by atoms with E-state index in [-0.39, 0.29) is 0 Å². The number of hydrazine groups is 1. The van der Waals surface area contributed by atoms with Crippen molar-refractivity contribution in [3.63, 3.8) is 0 Å². The lowest BCUT2D eigenvalue weighted by Crippen LogP contribution is -2.40. The maximum atomic E-state index is 10.7. The van der Waals surface area contributed by atoms with E-state index < -0.39 is 18.0 Å². The predicted octanol–water partition coefficient (Wildman–Crippen LogP) is -0.985. The van der Waals surface area contributed by atoms with Crippen molar-refractivity contribution in [3.8, 4) is 0 Å². The second kappa shape index (κ2) is 5.89. The average molecular weight is 208 g/mol. The maximum absolute atomic E-state index is 10.7. The van der Waals surface area contributed by atoms with Crippen LogP contribution in [0.25, 0.3) is 0 Å². The number of hydrogen-bond donors (Lipinski definition) is 3. The number of ether oxygens (including phenoxy) is 3. The van der Waals surface area contributed by atoms with Crippen LogP contribution in [0.3, 0.4) is 0 Å². The number of nitrogens with two attached hydrogens (primary N) is 2. The third-order valence-electron chi connectivity index (χ3n) is 1.95. The number of aliphatic carboxylic acids is 1. The van der Waals surface area contributed by atoms with Crippen molar-refractivity contribution in [1.29, 1.82) is 0 Å². The molecule has 84 valence electrons. The van der Waals surface area contributed by atoms with Gasteiger partial charge in [0.25, 0.3) is 5.79 Å². The zero-order valence-electron chi connectivity index (χ0n) is 8.23. The van der Waals surface area contributed by atoms with Crippen molar-refractivity contribution in [2.75, 3.05) is 14.2 Å². The van der Waals surface area contributed by atoms with E-state index in [0.717, 1.165) is 0 Å². The summed E-state index contributed by atoms with van der Waals surface area (Å²) in [7, 11) is 2.78. The number of rotatable bonds is 3. The van der Waals surface area contributed by atoms with E-state index >= 15 is 0 Å². The van der Waals surface area contributed by atoms with Crippen molar-refractivity contribution in [1.82, 2.24) is 0 Å². The van der Waals surface area contributed by atoms with E-state index in [9.17, 15) is 4.79 Å². The van der Waals surface area contributed by atoms with Gasteiger partial charge in [0, 0.05) is 27.1 Å². The summed E-state index contributed by atoms with van der Waals surface area (Å²) in [5.74, 6) is 5.39. The van der Waals surface area contributed by atoms with Gasteiger partial charge in [-0.25, -0.2) is 4.79 Å². The number of carbonyl (C=O) groups is 1. The van der Waals surface area contributed by atoms with Gasteiger partial charge in [-0.3, -0.25) is 11.7 Å². The van der Waals surface area contributed by atoms with Crippen molar-refractivity contribution in [3.05, 3.63) is 0 Å². The lowest BCUT2D eigenvalue weighted by Gasteiger charge is -2.21. The highest BCUT2D eigenvalue weighted by atomic mass is 16.8. The van der Waals surface area contributed by atoms with Gasteiger partial charge in [0.1, 0.15) is 0 Å². The third kappa shape index (κ3) is 2.63. The fourth-order valence-electron chi connectivity index (χ4n) is 1.20. The van der Waals surface area contributed by atoms with Gasteiger partial charge in [-0.2, -0.15) is 0 Å². The van der Waals surface area contributed by atoms with Crippen LogP contribution in [0.1, 0.15) is 12.8 Å². The third-order valence-corrected chi connectivity index (χ3v) is 1.95. The molecule has 0 aromatic carbocycles. The lowest BCUT2D eigenvalue weighted by atomic mass is 10.2. The Morgan fingerprint density at radius 1 is 1.57 bits per heavy atom. The van der Waals surface area contributed by atoms with Gasteiger partial charge in [0.05, 0.1) is 0 Å². The Labute approximate surface area is 81.9 Å². The second-order valence-electron chi connectivity index (χ2n) is 2.58. The number of carboxylic acids is 1. The van der Waals surface area contributed by atoms with Gasteiger partial charge >= 0.3 is 5.97 Å². The smallest absolute Gasteiger partial charge is 0.364 e. The van der Waals surface area contributed by atoms with E-state index in [1.54, 1.807) is 0 Å². The molecule has 0 radical (unpaired) electrons. The van der Waals surface area contributed by atoms with E-state index in [1.807, 2.05) is 0 Å². The molecule has 1 aliphatic heterocycles. The topological polar surface area (TPSA) is 117 Å². The van der Waals surface area contributed by atoms with Crippen molar-refractivity contribution in [2.24, 2.45) is 11.7 Å². The zero-order chi connectivity index (χ0) is 11.2. The monoisotopic (exact) mass is 208 g/mol. The van der Waals surface area contributed by atoms with Gasteiger partial charge in [-0.1, -0.05) is 0 Å². The number of carboxylic acid groups (broad SMARTS) is 1. The normalized spacial score (nSPS) is 30.7. The molecule has 0 spiro atoms. The molecule has 14 heavy (non-hydrogen) atoms. The Morgan fingerprint density at radius 3 is 2.36 bits per heavy atom. The highest BCUT2D eigenvalue weighted by Crippen LogP contribution is 2.31. The SMILES string of the molecule is COC1CCC(OC)(C(=O)O)O1.NN. The summed E-state index contributed by atoms with van der Waals surface area (Å²) in [6, 6.07) is 0. The lowest BCUT2D eigenvalue weighted by molar-refractivity contribution is -0.257. The minimum atomic E-state index is -1.50. The summed E-state index contributed by atoms with van der Waals surface area (Å²) in [5.41, 5.74) is 0. The van der Waals surface area contributed by atoms with Crippen LogP contribution >= 0.6 is 0 Å². The quantitative estimate of drug-likeness (QED) is 0.403. The summed E-state index contributed by atoms with van der Waals surface area (Å²) in [6.45, 7) is 0. The molecule has 0 aliphatic carbocycles. The largest absolute Gasteiger partial charge is 0.477 e. The van der Waals surface area contributed by atoms with E-state index in [1.165, 1.54) is 14.2 Å². The highest BCUT2D eigenvalue weighted by Gasteiger charge is 2.47. The first-order chi connectivity index (χ1) is 6.64. The van der Waals surface area contributed by atoms with Gasteiger partial charge < -0.3 is 19.3 Å². The Hall–Kier alpha value is -0.730. The molecule has 1 saturated heterocycles. The first-order valence-electron chi connectivity index (χ1n) is 3.97. The van der Waals surface area contributed by atoms with Gasteiger partial charge in [-0.05, 0) is 0 Å². The summed E-state index contributed by atoms with van der Waals surface area (Å²) in [6.07, 6.45) is 0.384. The van der Waals surface area contributed by atoms with Crippen LogP contribution in [0.2, 0.25) is 0 Å². The molecule has 1 heterocycles. The Morgan fingerprint density at radius 2 is 2.14 bits per heavy atom. The molecule has 2 atom stereocenters. The first kappa shape index (κ1) is 13.3. The van der Waals surface area contributed by atoms with Crippen LogP contribution in [-0.4, -0.2) is 37.4 Å². The van der Waals surface area contributed by atoms with Crippen molar-refractivity contribution >= 4 is 5.97 Å². The molecular formula is C7H16N2O5. The molecule has 0 bridgehead atoms. The fraction of sp³-hybridized carbons (Fsp3) is 0.857. The standard InChI is InChI=1S/C7H12O5.H4N2/c1-10-5-3-4-7(11-2,12-5)6(8)9;1-2/h5H,3-4H2,1-2H3,(H,8,9);1-2H2. The summed E-state index contributed by atoms with van der Waals surface area (Å²) >= 11 is 0. The molecule has 0 aromatic heterocycles. The van der Waals surface area contributed by atoms with Gasteiger partial charge in [0.15, 0.2) is 6.29 Å². The minimum absolute atomic E-state index is 0.317. The predicted molar refractivity (Wildman–Crippen MR) is 46.9 cm³/mol. The number of methoxy groups -OCH3 is 2. The first-order valence-corrected chi connectivity index (χ1v) is 3.97.